The van der Waals surface area contributed by atoms with Crippen molar-refractivity contribution in [2.24, 2.45) is 0 Å². The van der Waals surface area contributed by atoms with E-state index in [1.807, 2.05) is 0 Å². The molecule has 1 aliphatic rings. The zero-order valence-electron chi connectivity index (χ0n) is 9.54. The van der Waals surface area contributed by atoms with E-state index in [2.05, 4.69) is 37.2 Å². The lowest BCUT2D eigenvalue weighted by Crippen LogP contribution is -2.54. The Labute approximate surface area is 126 Å². The molecule has 1 aliphatic heterocycles. The fraction of sp³-hybridized carbons (Fsp3) is 0.545. The molecule has 2 rings (SSSR count). The Morgan fingerprint density at radius 3 is 2.67 bits per heavy atom. The van der Waals surface area contributed by atoms with E-state index in [4.69, 9.17) is 4.74 Å². The largest absolute Gasteiger partial charge is 0.394 e. The summed E-state index contributed by atoms with van der Waals surface area (Å²) >= 11 is 8.08. The molecule has 0 saturated carbocycles. The highest BCUT2D eigenvalue weighted by Gasteiger charge is 2.34. The Bertz CT molecular complexity index is 424. The first-order valence-corrected chi connectivity index (χ1v) is 7.92. The summed E-state index contributed by atoms with van der Waals surface area (Å²) in [5.41, 5.74) is -0.543. The molecule has 0 radical (unpaired) electrons. The molecule has 7 heteroatoms. The highest BCUT2D eigenvalue weighted by molar-refractivity contribution is 9.13. The van der Waals surface area contributed by atoms with Crippen LogP contribution in [0.5, 0.6) is 0 Å². The number of carbonyl (C=O) groups excluding carboxylic acids is 1. The van der Waals surface area contributed by atoms with Gasteiger partial charge in [-0.1, -0.05) is 0 Å². The van der Waals surface area contributed by atoms with E-state index in [1.54, 1.807) is 6.07 Å². The molecule has 1 aromatic rings. The van der Waals surface area contributed by atoms with Gasteiger partial charge in [-0.25, -0.2) is 0 Å². The van der Waals surface area contributed by atoms with Crippen LogP contribution in [-0.2, 0) is 4.74 Å². The minimum atomic E-state index is -0.543. The normalized spacial score (nSPS) is 18.6. The highest BCUT2D eigenvalue weighted by Crippen LogP contribution is 2.33. The zero-order valence-corrected chi connectivity index (χ0v) is 13.5. The van der Waals surface area contributed by atoms with Crippen molar-refractivity contribution in [1.29, 1.82) is 0 Å². The average Bonchev–Trinajstić information content (AvgIpc) is 2.71. The second-order valence-corrected chi connectivity index (χ2v) is 7.46. The van der Waals surface area contributed by atoms with Crippen LogP contribution in [0.3, 0.4) is 0 Å². The van der Waals surface area contributed by atoms with Crippen molar-refractivity contribution in [3.8, 4) is 0 Å². The van der Waals surface area contributed by atoms with E-state index in [-0.39, 0.29) is 12.5 Å². The summed E-state index contributed by atoms with van der Waals surface area (Å²) in [5.74, 6) is -0.151. The van der Waals surface area contributed by atoms with Gasteiger partial charge in [0.05, 0.1) is 20.8 Å². The van der Waals surface area contributed by atoms with Crippen molar-refractivity contribution in [2.75, 3.05) is 19.8 Å². The summed E-state index contributed by atoms with van der Waals surface area (Å²) in [5, 5.41) is 12.5. The maximum absolute atomic E-state index is 12.1. The van der Waals surface area contributed by atoms with Crippen LogP contribution in [0.2, 0.25) is 0 Å². The molecule has 1 aromatic heterocycles. The number of rotatable bonds is 3. The maximum Gasteiger partial charge on any atom is 0.261 e. The van der Waals surface area contributed by atoms with Gasteiger partial charge in [0.15, 0.2) is 0 Å². The number of hydrogen-bond donors (Lipinski definition) is 2. The zero-order chi connectivity index (χ0) is 13.2. The van der Waals surface area contributed by atoms with Gasteiger partial charge in [0.2, 0.25) is 0 Å². The second-order valence-electron chi connectivity index (χ2n) is 4.24. The maximum atomic E-state index is 12.1. The lowest BCUT2D eigenvalue weighted by atomic mass is 9.91. The van der Waals surface area contributed by atoms with Crippen LogP contribution >= 0.6 is 43.2 Å². The predicted molar refractivity (Wildman–Crippen MR) is 77.1 cm³/mol. The van der Waals surface area contributed by atoms with Crippen LogP contribution < -0.4 is 5.32 Å². The minimum Gasteiger partial charge on any atom is -0.394 e. The summed E-state index contributed by atoms with van der Waals surface area (Å²) in [4.78, 5) is 12.8. The van der Waals surface area contributed by atoms with Gasteiger partial charge in [-0.05, 0) is 50.8 Å². The quantitative estimate of drug-likeness (QED) is 0.822. The molecule has 2 heterocycles. The van der Waals surface area contributed by atoms with Gasteiger partial charge >= 0.3 is 0 Å². The molecule has 0 bridgehead atoms. The smallest absolute Gasteiger partial charge is 0.261 e. The third-order valence-electron chi connectivity index (χ3n) is 3.00. The fourth-order valence-electron chi connectivity index (χ4n) is 1.85. The third kappa shape index (κ3) is 3.14. The van der Waals surface area contributed by atoms with E-state index in [0.29, 0.717) is 30.9 Å². The SMILES string of the molecule is O=C(NC1(CO)CCOCC1)c1cc(Br)c(Br)s1. The molecule has 0 aliphatic carbocycles. The number of carbonyl (C=O) groups is 1. The first-order chi connectivity index (χ1) is 8.56. The molecule has 1 saturated heterocycles. The van der Waals surface area contributed by atoms with E-state index in [0.717, 1.165) is 8.26 Å². The van der Waals surface area contributed by atoms with Crippen molar-refractivity contribution in [1.82, 2.24) is 5.32 Å². The molecule has 0 unspecified atom stereocenters. The van der Waals surface area contributed by atoms with Gasteiger partial charge < -0.3 is 15.2 Å². The monoisotopic (exact) mass is 397 g/mol. The summed E-state index contributed by atoms with van der Waals surface area (Å²) < 4.78 is 7.01. The molecule has 18 heavy (non-hydrogen) atoms. The van der Waals surface area contributed by atoms with Crippen molar-refractivity contribution in [3.05, 3.63) is 19.2 Å². The summed E-state index contributed by atoms with van der Waals surface area (Å²) in [6.45, 7) is 1.08. The van der Waals surface area contributed by atoms with Crippen molar-refractivity contribution >= 4 is 49.1 Å². The summed E-state index contributed by atoms with van der Waals surface area (Å²) in [6, 6.07) is 1.77. The number of halogens is 2. The summed E-state index contributed by atoms with van der Waals surface area (Å²) in [6.07, 6.45) is 1.28. The Kier molecular flexibility index (Phi) is 4.82. The van der Waals surface area contributed by atoms with Crippen molar-refractivity contribution < 1.29 is 14.6 Å². The number of amides is 1. The molecule has 1 amide bonds. The molecule has 4 nitrogen and oxygen atoms in total. The van der Waals surface area contributed by atoms with Crippen LogP contribution in [0, 0.1) is 0 Å². The molecule has 0 aromatic carbocycles. The van der Waals surface area contributed by atoms with Crippen molar-refractivity contribution in [2.45, 2.75) is 18.4 Å². The minimum absolute atomic E-state index is 0.0597. The predicted octanol–water partition coefficient (Wildman–Crippen LogP) is 2.54. The number of ether oxygens (including phenoxy) is 1. The molecule has 2 N–H and O–H groups in total. The van der Waals surface area contributed by atoms with Crippen LogP contribution in [0.25, 0.3) is 0 Å². The molecule has 0 atom stereocenters. The number of aliphatic hydroxyl groups is 1. The Morgan fingerprint density at radius 1 is 1.50 bits per heavy atom. The first kappa shape index (κ1) is 14.5. The third-order valence-corrected chi connectivity index (χ3v) is 6.26. The van der Waals surface area contributed by atoms with Gasteiger partial charge in [0.25, 0.3) is 5.91 Å². The van der Waals surface area contributed by atoms with Gasteiger partial charge in [-0.2, -0.15) is 0 Å². The van der Waals surface area contributed by atoms with Crippen LogP contribution in [0.4, 0.5) is 0 Å². The van der Waals surface area contributed by atoms with Crippen LogP contribution in [-0.4, -0.2) is 36.4 Å². The fourth-order valence-corrected chi connectivity index (χ4v) is 3.78. The van der Waals surface area contributed by atoms with E-state index in [9.17, 15) is 9.90 Å². The second kappa shape index (κ2) is 6.00. The Balaban J connectivity index is 2.09. The molecular weight excluding hydrogens is 386 g/mol. The topological polar surface area (TPSA) is 58.6 Å². The van der Waals surface area contributed by atoms with Gasteiger partial charge in [-0.15, -0.1) is 11.3 Å². The lowest BCUT2D eigenvalue weighted by molar-refractivity contribution is 0.0126. The molecule has 1 fully saturated rings. The van der Waals surface area contributed by atoms with E-state index in [1.165, 1.54) is 11.3 Å². The van der Waals surface area contributed by atoms with Gasteiger partial charge in [0, 0.05) is 17.7 Å². The molecular formula is C11H13Br2NO3S. The van der Waals surface area contributed by atoms with Crippen LogP contribution in [0.1, 0.15) is 22.5 Å². The standard InChI is InChI=1S/C11H13Br2NO3S/c12-7-5-8(18-9(7)13)10(16)14-11(6-15)1-3-17-4-2-11/h5,15H,1-4,6H2,(H,14,16). The number of nitrogens with one attached hydrogen (secondary N) is 1. The first-order valence-electron chi connectivity index (χ1n) is 5.52. The number of thiophene rings is 1. The number of aliphatic hydroxyl groups excluding tert-OH is 1. The Hall–Kier alpha value is 0.0500. The average molecular weight is 399 g/mol. The molecule has 100 valence electrons. The van der Waals surface area contributed by atoms with Crippen molar-refractivity contribution in [3.63, 3.8) is 0 Å². The van der Waals surface area contributed by atoms with Gasteiger partial charge in [0.1, 0.15) is 0 Å². The Morgan fingerprint density at radius 2 is 2.17 bits per heavy atom. The van der Waals surface area contributed by atoms with Crippen LogP contribution in [0.15, 0.2) is 14.3 Å². The van der Waals surface area contributed by atoms with E-state index >= 15 is 0 Å². The molecule has 0 spiro atoms. The highest BCUT2D eigenvalue weighted by atomic mass is 79.9. The van der Waals surface area contributed by atoms with E-state index < -0.39 is 5.54 Å². The number of hydrogen-bond acceptors (Lipinski definition) is 4. The van der Waals surface area contributed by atoms with Gasteiger partial charge in [-0.3, -0.25) is 4.79 Å². The summed E-state index contributed by atoms with van der Waals surface area (Å²) in [7, 11) is 0. The lowest BCUT2D eigenvalue weighted by Gasteiger charge is -2.36.